The number of oxime groups is 1. The third-order valence-electron chi connectivity index (χ3n) is 10.7. The molecule has 14 atom stereocenters. The number of hydrogen-bond donors (Lipinski definition) is 2. The van der Waals surface area contributed by atoms with Crippen LogP contribution in [0.4, 0.5) is 0 Å². The summed E-state index contributed by atoms with van der Waals surface area (Å²) in [6, 6.07) is -0.258. The molecule has 0 amide bonds. The van der Waals surface area contributed by atoms with E-state index in [1.54, 1.807) is 20.8 Å². The van der Waals surface area contributed by atoms with E-state index in [1.165, 1.54) is 20.8 Å². The van der Waals surface area contributed by atoms with Gasteiger partial charge in [0.2, 0.25) is 0 Å². The number of fused-ring (bicyclic) bond motifs is 5. The number of cyclic esters (lactones) is 1. The van der Waals surface area contributed by atoms with Crippen LogP contribution in [0.5, 0.6) is 0 Å². The molecule has 0 radical (unpaired) electrons. The molecule has 14 nitrogen and oxygen atoms in total. The summed E-state index contributed by atoms with van der Waals surface area (Å²) in [6.45, 7) is 20.8. The van der Waals surface area contributed by atoms with Gasteiger partial charge in [0.1, 0.15) is 11.7 Å². The van der Waals surface area contributed by atoms with Crippen molar-refractivity contribution < 1.29 is 57.9 Å². The van der Waals surface area contributed by atoms with Gasteiger partial charge in [0.25, 0.3) is 0 Å². The third-order valence-corrected chi connectivity index (χ3v) is 10.7. The van der Waals surface area contributed by atoms with E-state index in [0.29, 0.717) is 17.7 Å². The van der Waals surface area contributed by atoms with E-state index in [-0.39, 0.29) is 38.2 Å². The van der Waals surface area contributed by atoms with Crippen molar-refractivity contribution in [3.05, 3.63) is 12.2 Å². The van der Waals surface area contributed by atoms with Crippen LogP contribution in [-0.4, -0.2) is 126 Å². The lowest BCUT2D eigenvalue weighted by Crippen LogP contribution is -2.61. The lowest BCUT2D eigenvalue weighted by atomic mass is 9.73. The first kappa shape index (κ1) is 42.9. The van der Waals surface area contributed by atoms with Crippen molar-refractivity contribution in [3.63, 3.8) is 0 Å². The molecule has 2 N–H and O–H groups in total. The van der Waals surface area contributed by atoms with Gasteiger partial charge in [0, 0.05) is 31.6 Å². The van der Waals surface area contributed by atoms with Crippen LogP contribution in [0, 0.1) is 23.7 Å². The van der Waals surface area contributed by atoms with Crippen molar-refractivity contribution >= 4 is 23.6 Å². The number of carbonyl (C=O) groups is 3. The maximum absolute atomic E-state index is 13.8. The van der Waals surface area contributed by atoms with Crippen LogP contribution in [0.15, 0.2) is 17.3 Å². The lowest BCUT2D eigenvalue weighted by molar-refractivity contribution is -0.304. The molecule has 0 saturated carbocycles. The Labute approximate surface area is 303 Å². The Morgan fingerprint density at radius 1 is 1.06 bits per heavy atom. The van der Waals surface area contributed by atoms with Crippen molar-refractivity contribution in [1.29, 1.82) is 0 Å². The minimum absolute atomic E-state index is 0.0172. The number of aliphatic hydroxyl groups excluding tert-OH is 1. The van der Waals surface area contributed by atoms with Crippen LogP contribution < -0.4 is 0 Å². The SMILES string of the molecule is C=C1CO[C@@H]2[C@@H](C)/C(=N/OC(C)=O)[C@H](C)C[C@@](C)(OC1)[C@H](O[C@@H]1O[C@H](C)C[C@H](N(C)C)[C@H]1OC(C)=O)[C@@H](C)[C@H](O)[C@@H](C)C(=O)O[C@H](CC)[C@@]2(C)O. The van der Waals surface area contributed by atoms with E-state index in [9.17, 15) is 24.6 Å². The summed E-state index contributed by atoms with van der Waals surface area (Å²) in [4.78, 5) is 45.4. The fraction of sp³-hybridized carbons (Fsp3) is 0.838. The Hall–Kier alpha value is -2.46. The molecule has 0 aromatic heterocycles. The predicted molar refractivity (Wildman–Crippen MR) is 187 cm³/mol. The second-order valence-electron chi connectivity index (χ2n) is 15.5. The van der Waals surface area contributed by atoms with E-state index in [0.717, 1.165) is 0 Å². The average Bonchev–Trinajstić information content (AvgIpc) is 3.04. The van der Waals surface area contributed by atoms with Crippen LogP contribution in [-0.2, 0) is 47.6 Å². The van der Waals surface area contributed by atoms with Crippen molar-refractivity contribution in [3.8, 4) is 0 Å². The maximum Gasteiger partial charge on any atom is 0.331 e. The molecule has 0 aromatic carbocycles. The highest BCUT2D eigenvalue weighted by atomic mass is 16.7. The normalized spacial score (nSPS) is 42.7. The standard InChI is InChI=1S/C37H62N2O12/c1-14-28-37(11,44)33-22(5)29(38-51-26(9)41)20(3)16-36(10,46-18-19(2)17-45-33)32(23(6)30(42)24(7)34(43)49-28)50-35-31(48-25(8)40)27(39(12)13)15-21(4)47-35/h20-24,27-28,30-33,35,42,44H,2,14-18H2,1,3-13H3/b38-29+/t20-,21-,22+,23+,24-,27+,28-,30+,31-,32-,33-,35+,36-,37-/m1/s1. The molecule has 3 fully saturated rings. The summed E-state index contributed by atoms with van der Waals surface area (Å²) < 4.78 is 38.2. The summed E-state index contributed by atoms with van der Waals surface area (Å²) in [5, 5.41) is 28.4. The molecule has 3 aliphatic heterocycles. The fourth-order valence-corrected chi connectivity index (χ4v) is 7.95. The fourth-order valence-electron chi connectivity index (χ4n) is 7.95. The van der Waals surface area contributed by atoms with Gasteiger partial charge in [-0.1, -0.05) is 39.4 Å². The zero-order chi connectivity index (χ0) is 38.6. The second-order valence-corrected chi connectivity index (χ2v) is 15.5. The highest BCUT2D eigenvalue weighted by Gasteiger charge is 2.53. The minimum atomic E-state index is -1.76. The minimum Gasteiger partial charge on any atom is -0.459 e. The topological polar surface area (TPSA) is 172 Å². The monoisotopic (exact) mass is 726 g/mol. The Balaban J connectivity index is 2.32. The van der Waals surface area contributed by atoms with Gasteiger partial charge in [0.05, 0.1) is 60.9 Å². The molecule has 2 bridgehead atoms. The number of likely N-dealkylation sites (N-methyl/N-ethyl adjacent to an activating group) is 1. The second kappa shape index (κ2) is 17.6. The number of carbonyl (C=O) groups excluding carboxylic acids is 3. The van der Waals surface area contributed by atoms with Crippen molar-refractivity contribution in [2.24, 2.45) is 28.8 Å². The molecule has 14 heteroatoms. The number of aliphatic hydroxyl groups is 2. The molecule has 0 spiro atoms. The highest BCUT2D eigenvalue weighted by Crippen LogP contribution is 2.41. The molecule has 3 saturated heterocycles. The third kappa shape index (κ3) is 10.2. The van der Waals surface area contributed by atoms with Crippen molar-refractivity contribution in [2.45, 2.75) is 149 Å². The summed E-state index contributed by atoms with van der Waals surface area (Å²) >= 11 is 0. The van der Waals surface area contributed by atoms with Gasteiger partial charge in [-0.3, -0.25) is 9.59 Å². The summed E-state index contributed by atoms with van der Waals surface area (Å²) in [6.07, 6.45) is -5.57. The van der Waals surface area contributed by atoms with E-state index >= 15 is 0 Å². The van der Waals surface area contributed by atoms with Crippen LogP contribution in [0.2, 0.25) is 0 Å². The number of rotatable bonds is 6. The largest absolute Gasteiger partial charge is 0.459 e. The molecule has 3 rings (SSSR count). The maximum atomic E-state index is 13.8. The molecule has 0 aromatic rings. The van der Waals surface area contributed by atoms with Gasteiger partial charge in [0.15, 0.2) is 12.4 Å². The van der Waals surface area contributed by atoms with Crippen LogP contribution >= 0.6 is 0 Å². The van der Waals surface area contributed by atoms with E-state index in [1.807, 2.05) is 46.7 Å². The number of nitrogens with zero attached hydrogens (tertiary/aromatic N) is 2. The molecular weight excluding hydrogens is 664 g/mol. The zero-order valence-corrected chi connectivity index (χ0v) is 32.5. The molecule has 51 heavy (non-hydrogen) atoms. The molecule has 0 unspecified atom stereocenters. The van der Waals surface area contributed by atoms with Crippen molar-refractivity contribution in [2.75, 3.05) is 27.3 Å². The number of hydrogen-bond acceptors (Lipinski definition) is 14. The lowest BCUT2D eigenvalue weighted by Gasteiger charge is -2.49. The summed E-state index contributed by atoms with van der Waals surface area (Å²) in [7, 11) is 3.78. The van der Waals surface area contributed by atoms with Gasteiger partial charge in [-0.15, -0.1) is 0 Å². The molecule has 292 valence electrons. The summed E-state index contributed by atoms with van der Waals surface area (Å²) in [5.41, 5.74) is -2.07. The van der Waals surface area contributed by atoms with E-state index in [4.69, 9.17) is 33.3 Å². The van der Waals surface area contributed by atoms with Gasteiger partial charge in [-0.25, -0.2) is 4.79 Å². The highest BCUT2D eigenvalue weighted by molar-refractivity contribution is 5.89. The van der Waals surface area contributed by atoms with Gasteiger partial charge in [-0.2, -0.15) is 0 Å². The molecular formula is C37H62N2O12. The molecule has 3 heterocycles. The average molecular weight is 727 g/mol. The molecule has 0 aliphatic carbocycles. The van der Waals surface area contributed by atoms with Gasteiger partial charge in [-0.05, 0) is 66.6 Å². The van der Waals surface area contributed by atoms with Crippen LogP contribution in [0.3, 0.4) is 0 Å². The predicted octanol–water partition coefficient (Wildman–Crippen LogP) is 3.40. The summed E-state index contributed by atoms with van der Waals surface area (Å²) in [5.74, 6) is -4.88. The van der Waals surface area contributed by atoms with Crippen LogP contribution in [0.1, 0.15) is 88.5 Å². The first-order chi connectivity index (χ1) is 23.6. The Bertz CT molecular complexity index is 1270. The molecule has 3 aliphatic rings. The van der Waals surface area contributed by atoms with E-state index < -0.39 is 89.6 Å². The van der Waals surface area contributed by atoms with Gasteiger partial charge >= 0.3 is 17.9 Å². The van der Waals surface area contributed by atoms with Crippen molar-refractivity contribution in [1.82, 2.24) is 4.90 Å². The van der Waals surface area contributed by atoms with E-state index in [2.05, 4.69) is 11.7 Å². The smallest absolute Gasteiger partial charge is 0.331 e. The number of ether oxygens (including phenoxy) is 6. The zero-order valence-electron chi connectivity index (χ0n) is 32.5. The Kier molecular flexibility index (Phi) is 14.8. The quantitative estimate of drug-likeness (QED) is 0.177. The van der Waals surface area contributed by atoms with Gasteiger partial charge < -0.3 is 48.4 Å². The Morgan fingerprint density at radius 3 is 2.27 bits per heavy atom. The first-order valence-electron chi connectivity index (χ1n) is 18.1. The van der Waals surface area contributed by atoms with Crippen LogP contribution in [0.25, 0.3) is 0 Å². The first-order valence-corrected chi connectivity index (χ1v) is 18.1. The number of esters is 2. The Morgan fingerprint density at radius 2 is 1.71 bits per heavy atom.